The molecule has 180 valence electrons. The minimum Gasteiger partial charge on any atom is -0.496 e. The molecule has 0 aliphatic carbocycles. The highest BCUT2D eigenvalue weighted by Crippen LogP contribution is 2.32. The Morgan fingerprint density at radius 2 is 1.60 bits per heavy atom. The van der Waals surface area contributed by atoms with Gasteiger partial charge in [-0.2, -0.15) is 0 Å². The number of carbonyl (C=O) groups is 1. The summed E-state index contributed by atoms with van der Waals surface area (Å²) in [5, 5.41) is 12.2. The minimum absolute atomic E-state index is 0.0410. The van der Waals surface area contributed by atoms with Crippen LogP contribution in [0.15, 0.2) is 78.9 Å². The molecule has 0 unspecified atom stereocenters. The van der Waals surface area contributed by atoms with Crippen molar-refractivity contribution in [1.82, 2.24) is 9.47 Å². The molecule has 4 aromatic rings. The van der Waals surface area contributed by atoms with Gasteiger partial charge in [-0.15, -0.1) is 0 Å². The Labute approximate surface area is 206 Å². The van der Waals surface area contributed by atoms with E-state index in [0.717, 1.165) is 39.0 Å². The van der Waals surface area contributed by atoms with E-state index >= 15 is 0 Å². The SMILES string of the molecule is COc1ccccc1Cn1c(C)c(C(=O)N2CCC(O)(Cc3ccccc3)CC2)c2ccccc21. The second-order valence-corrected chi connectivity index (χ2v) is 9.55. The van der Waals surface area contributed by atoms with Crippen LogP contribution < -0.4 is 4.74 Å². The van der Waals surface area contributed by atoms with Crippen LogP contribution in [0.4, 0.5) is 0 Å². The van der Waals surface area contributed by atoms with Crippen LogP contribution in [0, 0.1) is 6.92 Å². The number of piperidine rings is 1. The van der Waals surface area contributed by atoms with Crippen LogP contribution in [-0.2, 0) is 13.0 Å². The van der Waals surface area contributed by atoms with Gasteiger partial charge in [0, 0.05) is 41.7 Å². The maximum atomic E-state index is 13.8. The average Bonchev–Trinajstić information content (AvgIpc) is 3.16. The molecule has 5 rings (SSSR count). The van der Waals surface area contributed by atoms with Crippen molar-refractivity contribution in [3.05, 3.63) is 101 Å². The second kappa shape index (κ2) is 9.59. The smallest absolute Gasteiger partial charge is 0.256 e. The Hall–Kier alpha value is -3.57. The van der Waals surface area contributed by atoms with Crippen LogP contribution in [0.1, 0.15) is 40.0 Å². The molecule has 1 amide bonds. The van der Waals surface area contributed by atoms with Gasteiger partial charge in [0.05, 0.1) is 24.8 Å². The molecular formula is C30H32N2O3. The van der Waals surface area contributed by atoms with Gasteiger partial charge in [-0.05, 0) is 37.5 Å². The van der Waals surface area contributed by atoms with Gasteiger partial charge in [-0.25, -0.2) is 0 Å². The summed E-state index contributed by atoms with van der Waals surface area (Å²) < 4.78 is 7.77. The summed E-state index contributed by atoms with van der Waals surface area (Å²) in [6.45, 7) is 3.75. The van der Waals surface area contributed by atoms with E-state index in [1.807, 2.05) is 66.4 Å². The fourth-order valence-electron chi connectivity index (χ4n) is 5.35. The van der Waals surface area contributed by atoms with Crippen molar-refractivity contribution in [3.63, 3.8) is 0 Å². The Bertz CT molecular complexity index is 1330. The van der Waals surface area contributed by atoms with E-state index < -0.39 is 5.60 Å². The van der Waals surface area contributed by atoms with Crippen LogP contribution in [0.25, 0.3) is 10.9 Å². The van der Waals surface area contributed by atoms with E-state index in [-0.39, 0.29) is 5.91 Å². The number of ether oxygens (including phenoxy) is 1. The molecule has 5 heteroatoms. The van der Waals surface area contributed by atoms with Crippen LogP contribution >= 0.6 is 0 Å². The highest BCUT2D eigenvalue weighted by atomic mass is 16.5. The van der Waals surface area contributed by atoms with E-state index in [0.29, 0.717) is 38.9 Å². The number of carbonyl (C=O) groups excluding carboxylic acids is 1. The van der Waals surface area contributed by atoms with Gasteiger partial charge in [-0.1, -0.05) is 66.7 Å². The summed E-state index contributed by atoms with van der Waals surface area (Å²) in [6, 6.07) is 26.2. The Morgan fingerprint density at radius 3 is 2.34 bits per heavy atom. The first kappa shape index (κ1) is 23.2. The number of hydrogen-bond acceptors (Lipinski definition) is 3. The molecule has 3 aromatic carbocycles. The number of rotatable bonds is 6. The number of methoxy groups -OCH3 is 1. The summed E-state index contributed by atoms with van der Waals surface area (Å²) in [5.74, 6) is 0.880. The van der Waals surface area contributed by atoms with Crippen molar-refractivity contribution in [2.75, 3.05) is 20.2 Å². The van der Waals surface area contributed by atoms with Gasteiger partial charge in [0.25, 0.3) is 5.91 Å². The molecule has 1 aliphatic rings. The van der Waals surface area contributed by atoms with Crippen molar-refractivity contribution in [1.29, 1.82) is 0 Å². The minimum atomic E-state index is -0.773. The van der Waals surface area contributed by atoms with E-state index in [9.17, 15) is 9.90 Å². The van der Waals surface area contributed by atoms with Crippen molar-refractivity contribution in [2.24, 2.45) is 0 Å². The number of amides is 1. The molecule has 0 atom stereocenters. The van der Waals surface area contributed by atoms with Crippen molar-refractivity contribution in [3.8, 4) is 5.75 Å². The number of likely N-dealkylation sites (tertiary alicyclic amines) is 1. The molecule has 5 nitrogen and oxygen atoms in total. The van der Waals surface area contributed by atoms with Crippen LogP contribution in [-0.4, -0.2) is 46.3 Å². The molecule has 0 spiro atoms. The summed E-state index contributed by atoms with van der Waals surface area (Å²) in [6.07, 6.45) is 1.77. The van der Waals surface area contributed by atoms with E-state index in [1.54, 1.807) is 7.11 Å². The number of nitrogens with zero attached hydrogens (tertiary/aromatic N) is 2. The van der Waals surface area contributed by atoms with Gasteiger partial charge < -0.3 is 19.3 Å². The van der Waals surface area contributed by atoms with Gasteiger partial charge in [-0.3, -0.25) is 4.79 Å². The molecule has 0 radical (unpaired) electrons. The van der Waals surface area contributed by atoms with Crippen molar-refractivity contribution in [2.45, 2.75) is 38.3 Å². The van der Waals surface area contributed by atoms with Gasteiger partial charge in [0.1, 0.15) is 5.75 Å². The number of para-hydroxylation sites is 2. The van der Waals surface area contributed by atoms with E-state index in [4.69, 9.17) is 4.74 Å². The number of aliphatic hydroxyl groups is 1. The lowest BCUT2D eigenvalue weighted by atomic mass is 9.85. The first-order valence-electron chi connectivity index (χ1n) is 12.2. The van der Waals surface area contributed by atoms with Gasteiger partial charge in [0.2, 0.25) is 0 Å². The Balaban J connectivity index is 1.40. The number of hydrogen-bond donors (Lipinski definition) is 1. The summed E-state index contributed by atoms with van der Waals surface area (Å²) in [5.41, 5.74) is 4.17. The predicted molar refractivity (Wildman–Crippen MR) is 139 cm³/mol. The number of benzene rings is 3. The summed E-state index contributed by atoms with van der Waals surface area (Å²) in [7, 11) is 1.68. The Morgan fingerprint density at radius 1 is 0.943 bits per heavy atom. The monoisotopic (exact) mass is 468 g/mol. The molecule has 1 saturated heterocycles. The highest BCUT2D eigenvalue weighted by Gasteiger charge is 2.35. The molecular weight excluding hydrogens is 436 g/mol. The second-order valence-electron chi connectivity index (χ2n) is 9.55. The zero-order valence-electron chi connectivity index (χ0n) is 20.4. The van der Waals surface area contributed by atoms with E-state index in [2.05, 4.69) is 28.8 Å². The lowest BCUT2D eigenvalue weighted by molar-refractivity contribution is -0.0162. The van der Waals surface area contributed by atoms with Crippen molar-refractivity contribution >= 4 is 16.8 Å². The zero-order valence-corrected chi connectivity index (χ0v) is 20.4. The van der Waals surface area contributed by atoms with Gasteiger partial charge >= 0.3 is 0 Å². The summed E-state index contributed by atoms with van der Waals surface area (Å²) in [4.78, 5) is 15.7. The predicted octanol–water partition coefficient (Wildman–Crippen LogP) is 5.22. The molecule has 1 aliphatic heterocycles. The van der Waals surface area contributed by atoms with E-state index in [1.165, 1.54) is 0 Å². The number of aromatic nitrogens is 1. The maximum absolute atomic E-state index is 13.8. The molecule has 0 bridgehead atoms. The molecule has 0 saturated carbocycles. The fourth-order valence-corrected chi connectivity index (χ4v) is 5.35. The highest BCUT2D eigenvalue weighted by molar-refractivity contribution is 6.08. The molecule has 35 heavy (non-hydrogen) atoms. The van der Waals surface area contributed by atoms with Crippen LogP contribution in [0.2, 0.25) is 0 Å². The normalized spacial score (nSPS) is 15.3. The average molecular weight is 469 g/mol. The van der Waals surface area contributed by atoms with Gasteiger partial charge in [0.15, 0.2) is 0 Å². The Kier molecular flexibility index (Phi) is 6.35. The quantitative estimate of drug-likeness (QED) is 0.422. The third kappa shape index (κ3) is 4.56. The lowest BCUT2D eigenvalue weighted by Crippen LogP contribution is -2.47. The first-order chi connectivity index (χ1) is 17.0. The molecule has 1 aromatic heterocycles. The largest absolute Gasteiger partial charge is 0.496 e. The third-order valence-electron chi connectivity index (χ3n) is 7.32. The maximum Gasteiger partial charge on any atom is 0.256 e. The molecule has 1 fully saturated rings. The lowest BCUT2D eigenvalue weighted by Gasteiger charge is -2.38. The van der Waals surface area contributed by atoms with Crippen molar-refractivity contribution < 1.29 is 14.6 Å². The summed E-state index contributed by atoms with van der Waals surface area (Å²) >= 11 is 0. The van der Waals surface area contributed by atoms with Crippen LogP contribution in [0.5, 0.6) is 5.75 Å². The molecule has 2 heterocycles. The third-order valence-corrected chi connectivity index (χ3v) is 7.32. The zero-order chi connectivity index (χ0) is 24.4. The topological polar surface area (TPSA) is 54.7 Å². The fraction of sp³-hybridized carbons (Fsp3) is 0.300. The number of fused-ring (bicyclic) bond motifs is 1. The first-order valence-corrected chi connectivity index (χ1v) is 12.2. The molecule has 1 N–H and O–H groups in total. The standard InChI is InChI=1S/C30H32N2O3/c1-22-28(29(33)31-18-16-30(34,17-19-31)20-23-10-4-3-5-11-23)25-13-7-8-14-26(25)32(22)21-24-12-6-9-15-27(24)35-2/h3-15,34H,16-21H2,1-2H3. The van der Waals surface area contributed by atoms with Crippen LogP contribution in [0.3, 0.4) is 0 Å².